The lowest BCUT2D eigenvalue weighted by Crippen LogP contribution is -2.22. The van der Waals surface area contributed by atoms with E-state index in [9.17, 15) is 9.90 Å². The van der Waals surface area contributed by atoms with Crippen LogP contribution < -0.4 is 9.47 Å². The fraction of sp³-hybridized carbons (Fsp3) is 0.462. The summed E-state index contributed by atoms with van der Waals surface area (Å²) in [5, 5.41) is 9.67. The number of hydrogen-bond donors (Lipinski definition) is 1. The first-order valence-electron chi connectivity index (χ1n) is 5.81. The Labute approximate surface area is 105 Å². The third kappa shape index (κ3) is 2.56. The van der Waals surface area contributed by atoms with Crippen molar-refractivity contribution in [2.45, 2.75) is 25.6 Å². The third-order valence-electron chi connectivity index (χ3n) is 2.83. The van der Waals surface area contributed by atoms with Gasteiger partial charge in [0.2, 0.25) is 0 Å². The molecule has 1 N–H and O–H groups in total. The molecule has 98 valence electrons. The first kappa shape index (κ1) is 12.7. The van der Waals surface area contributed by atoms with Crippen molar-refractivity contribution in [3.63, 3.8) is 0 Å². The highest BCUT2D eigenvalue weighted by atomic mass is 16.6. The van der Waals surface area contributed by atoms with Crippen LogP contribution in [0.25, 0.3) is 0 Å². The summed E-state index contributed by atoms with van der Waals surface area (Å²) in [6.45, 7) is 2.01. The zero-order valence-electron chi connectivity index (χ0n) is 10.4. The number of methoxy groups -OCH3 is 1. The molecule has 0 aliphatic carbocycles. The van der Waals surface area contributed by atoms with Gasteiger partial charge in [0.1, 0.15) is 11.5 Å². The van der Waals surface area contributed by atoms with E-state index in [-0.39, 0.29) is 5.97 Å². The minimum Gasteiger partial charge on any atom is -0.497 e. The quantitative estimate of drug-likeness (QED) is 0.821. The highest BCUT2D eigenvalue weighted by molar-refractivity contribution is 5.76. The van der Waals surface area contributed by atoms with E-state index in [4.69, 9.17) is 14.2 Å². The van der Waals surface area contributed by atoms with Gasteiger partial charge in [-0.05, 0) is 19.1 Å². The van der Waals surface area contributed by atoms with E-state index in [2.05, 4.69) is 0 Å². The van der Waals surface area contributed by atoms with Crippen LogP contribution in [0.2, 0.25) is 0 Å². The Kier molecular flexibility index (Phi) is 3.72. The molecule has 1 fully saturated rings. The normalized spacial score (nSPS) is 20.4. The Hall–Kier alpha value is -1.75. The Balaban J connectivity index is 2.25. The van der Waals surface area contributed by atoms with Crippen molar-refractivity contribution in [3.05, 3.63) is 23.8 Å². The van der Waals surface area contributed by atoms with Gasteiger partial charge in [-0.15, -0.1) is 0 Å². The van der Waals surface area contributed by atoms with Crippen LogP contribution in [-0.2, 0) is 9.53 Å². The molecule has 0 bridgehead atoms. The topological polar surface area (TPSA) is 65.0 Å². The van der Waals surface area contributed by atoms with Crippen LogP contribution >= 0.6 is 0 Å². The van der Waals surface area contributed by atoms with Crippen molar-refractivity contribution in [2.75, 3.05) is 13.7 Å². The zero-order valence-corrected chi connectivity index (χ0v) is 10.4. The van der Waals surface area contributed by atoms with Crippen molar-refractivity contribution in [2.24, 2.45) is 0 Å². The maximum atomic E-state index is 11.4. The Morgan fingerprint density at radius 3 is 2.83 bits per heavy atom. The van der Waals surface area contributed by atoms with Crippen molar-refractivity contribution < 1.29 is 24.1 Å². The number of aliphatic hydroxyl groups is 1. The second kappa shape index (κ2) is 5.27. The van der Waals surface area contributed by atoms with Crippen molar-refractivity contribution >= 4 is 5.97 Å². The van der Waals surface area contributed by atoms with E-state index in [0.717, 1.165) is 0 Å². The summed E-state index contributed by atoms with van der Waals surface area (Å²) in [6, 6.07) is 5.12. The highest BCUT2D eigenvalue weighted by Crippen LogP contribution is 2.31. The number of rotatable bonds is 4. The number of benzene rings is 1. The summed E-state index contributed by atoms with van der Waals surface area (Å²) in [6.07, 6.45) is -0.757. The van der Waals surface area contributed by atoms with Crippen LogP contribution in [0.4, 0.5) is 0 Å². The smallest absolute Gasteiger partial charge is 0.347 e. The molecular formula is C13H16O5. The molecule has 0 saturated carbocycles. The molecule has 0 amide bonds. The summed E-state index contributed by atoms with van der Waals surface area (Å²) in [4.78, 5) is 11.4. The number of cyclic esters (lactones) is 1. The van der Waals surface area contributed by atoms with Gasteiger partial charge in [0, 0.05) is 18.1 Å². The first-order chi connectivity index (χ1) is 8.61. The maximum Gasteiger partial charge on any atom is 0.347 e. The molecule has 0 radical (unpaired) electrons. The number of carbonyl (C=O) groups is 1. The number of ether oxygens (including phenoxy) is 3. The van der Waals surface area contributed by atoms with E-state index >= 15 is 0 Å². The van der Waals surface area contributed by atoms with Gasteiger partial charge >= 0.3 is 5.97 Å². The molecule has 2 rings (SSSR count). The molecule has 5 heteroatoms. The molecule has 1 heterocycles. The molecular weight excluding hydrogens is 236 g/mol. The first-order valence-corrected chi connectivity index (χ1v) is 5.81. The second-order valence-electron chi connectivity index (χ2n) is 4.14. The SMILES string of the molecule is COc1ccc(C(C)O)c(OC2CCOC2=O)c1. The molecule has 1 aromatic rings. The zero-order chi connectivity index (χ0) is 13.1. The van der Waals surface area contributed by atoms with Gasteiger partial charge in [0.15, 0.2) is 6.10 Å². The monoisotopic (exact) mass is 252 g/mol. The van der Waals surface area contributed by atoms with Gasteiger partial charge in [-0.3, -0.25) is 0 Å². The lowest BCUT2D eigenvalue weighted by Gasteiger charge is -2.16. The largest absolute Gasteiger partial charge is 0.497 e. The number of esters is 1. The Morgan fingerprint density at radius 1 is 1.50 bits per heavy atom. The highest BCUT2D eigenvalue weighted by Gasteiger charge is 2.29. The van der Waals surface area contributed by atoms with E-state index in [1.807, 2.05) is 0 Å². The summed E-state index contributed by atoms with van der Waals surface area (Å²) in [5.41, 5.74) is 0.621. The van der Waals surface area contributed by atoms with Crippen LogP contribution in [0.5, 0.6) is 11.5 Å². The van der Waals surface area contributed by atoms with Gasteiger partial charge < -0.3 is 19.3 Å². The summed E-state index contributed by atoms with van der Waals surface area (Å²) in [7, 11) is 1.55. The van der Waals surface area contributed by atoms with Gasteiger partial charge in [0.25, 0.3) is 0 Å². The average molecular weight is 252 g/mol. The van der Waals surface area contributed by atoms with Crippen LogP contribution in [0, 0.1) is 0 Å². The van der Waals surface area contributed by atoms with E-state index < -0.39 is 12.2 Å². The summed E-state index contributed by atoms with van der Waals surface area (Å²) < 4.78 is 15.5. The lowest BCUT2D eigenvalue weighted by molar-refractivity contribution is -0.143. The Bertz CT molecular complexity index is 441. The molecule has 18 heavy (non-hydrogen) atoms. The van der Waals surface area contributed by atoms with Gasteiger partial charge in [-0.1, -0.05) is 0 Å². The average Bonchev–Trinajstić information content (AvgIpc) is 2.74. The molecule has 2 unspecified atom stereocenters. The third-order valence-corrected chi connectivity index (χ3v) is 2.83. The van der Waals surface area contributed by atoms with Gasteiger partial charge in [-0.25, -0.2) is 4.79 Å². The van der Waals surface area contributed by atoms with Crippen LogP contribution in [0.3, 0.4) is 0 Å². The molecule has 5 nitrogen and oxygen atoms in total. The minimum absolute atomic E-state index is 0.366. The maximum absolute atomic E-state index is 11.4. The van der Waals surface area contributed by atoms with Crippen LogP contribution in [0.15, 0.2) is 18.2 Å². The lowest BCUT2D eigenvalue weighted by atomic mass is 10.1. The van der Waals surface area contributed by atoms with E-state index in [1.165, 1.54) is 0 Å². The van der Waals surface area contributed by atoms with Gasteiger partial charge in [0.05, 0.1) is 19.8 Å². The molecule has 2 atom stereocenters. The van der Waals surface area contributed by atoms with E-state index in [1.54, 1.807) is 32.2 Å². The number of hydrogen-bond acceptors (Lipinski definition) is 5. The van der Waals surface area contributed by atoms with Crippen molar-refractivity contribution in [3.8, 4) is 11.5 Å². The molecule has 1 aromatic carbocycles. The predicted molar refractivity (Wildman–Crippen MR) is 63.6 cm³/mol. The molecule has 1 saturated heterocycles. The fourth-order valence-corrected chi connectivity index (χ4v) is 1.83. The summed E-state index contributed by atoms with van der Waals surface area (Å²) in [5.74, 6) is 0.698. The standard InChI is InChI=1S/C13H16O5/c1-8(14)10-4-3-9(16-2)7-12(10)18-11-5-6-17-13(11)15/h3-4,7-8,11,14H,5-6H2,1-2H3. The van der Waals surface area contributed by atoms with Crippen molar-refractivity contribution in [1.82, 2.24) is 0 Å². The fourth-order valence-electron chi connectivity index (χ4n) is 1.83. The van der Waals surface area contributed by atoms with Gasteiger partial charge in [-0.2, -0.15) is 0 Å². The van der Waals surface area contributed by atoms with E-state index in [0.29, 0.717) is 30.1 Å². The van der Waals surface area contributed by atoms with Crippen LogP contribution in [0.1, 0.15) is 25.0 Å². The number of carbonyl (C=O) groups excluding carboxylic acids is 1. The second-order valence-corrected chi connectivity index (χ2v) is 4.14. The predicted octanol–water partition coefficient (Wildman–Crippen LogP) is 1.44. The molecule has 0 aromatic heterocycles. The molecule has 1 aliphatic rings. The Morgan fingerprint density at radius 2 is 2.28 bits per heavy atom. The van der Waals surface area contributed by atoms with Crippen molar-refractivity contribution in [1.29, 1.82) is 0 Å². The molecule has 1 aliphatic heterocycles. The minimum atomic E-state index is -0.677. The molecule has 0 spiro atoms. The van der Waals surface area contributed by atoms with Crippen LogP contribution in [-0.4, -0.2) is 30.9 Å². The summed E-state index contributed by atoms with van der Waals surface area (Å²) >= 11 is 0. The number of aliphatic hydroxyl groups excluding tert-OH is 1.